The molecule has 0 amide bonds. The summed E-state index contributed by atoms with van der Waals surface area (Å²) < 4.78 is 24.0. The van der Waals surface area contributed by atoms with Gasteiger partial charge in [0.2, 0.25) is 11.7 Å². The standard InChI is InChI=1S/C14H14FN3O2/c15-10-3-1-2-4-11(10)19-7-12-17-14(20-18-12)13-8-5-16-6-9(8)13/h1-4,8-9,13,16H,5-7H2/t8-,9+,13?. The normalized spacial score (nSPS) is 27.4. The number of hydrogen-bond donors (Lipinski definition) is 1. The van der Waals surface area contributed by atoms with Gasteiger partial charge in [-0.15, -0.1) is 0 Å². The lowest BCUT2D eigenvalue weighted by molar-refractivity contribution is 0.272. The van der Waals surface area contributed by atoms with Crippen LogP contribution in [0.25, 0.3) is 0 Å². The molecule has 1 saturated carbocycles. The second-order valence-electron chi connectivity index (χ2n) is 5.28. The third kappa shape index (κ3) is 1.96. The summed E-state index contributed by atoms with van der Waals surface area (Å²) in [4.78, 5) is 4.35. The summed E-state index contributed by atoms with van der Waals surface area (Å²) in [6.45, 7) is 2.17. The van der Waals surface area contributed by atoms with Gasteiger partial charge in [0.25, 0.3) is 0 Å². The molecule has 0 bridgehead atoms. The Balaban J connectivity index is 1.41. The van der Waals surface area contributed by atoms with E-state index in [-0.39, 0.29) is 18.2 Å². The minimum Gasteiger partial charge on any atom is -0.482 e. The van der Waals surface area contributed by atoms with Crippen LogP contribution >= 0.6 is 0 Å². The highest BCUT2D eigenvalue weighted by molar-refractivity contribution is 5.23. The van der Waals surface area contributed by atoms with Crippen molar-refractivity contribution in [2.24, 2.45) is 11.8 Å². The Bertz CT molecular complexity index is 620. The zero-order valence-corrected chi connectivity index (χ0v) is 10.8. The van der Waals surface area contributed by atoms with Gasteiger partial charge in [-0.25, -0.2) is 4.39 Å². The molecule has 6 heteroatoms. The zero-order chi connectivity index (χ0) is 13.5. The summed E-state index contributed by atoms with van der Waals surface area (Å²) in [6, 6.07) is 6.27. The van der Waals surface area contributed by atoms with Gasteiger partial charge < -0.3 is 14.6 Å². The molecule has 4 rings (SSSR count). The minimum atomic E-state index is -0.390. The molecule has 1 unspecified atom stereocenters. The maximum atomic E-state index is 13.4. The van der Waals surface area contributed by atoms with Crippen LogP contribution < -0.4 is 10.1 Å². The van der Waals surface area contributed by atoms with E-state index in [1.807, 2.05) is 0 Å². The molecule has 2 fully saturated rings. The Morgan fingerprint density at radius 2 is 2.10 bits per heavy atom. The van der Waals surface area contributed by atoms with Crippen molar-refractivity contribution < 1.29 is 13.7 Å². The Morgan fingerprint density at radius 3 is 2.90 bits per heavy atom. The highest BCUT2D eigenvalue weighted by Crippen LogP contribution is 2.55. The highest BCUT2D eigenvalue weighted by atomic mass is 19.1. The molecule has 1 saturated heterocycles. The topological polar surface area (TPSA) is 60.2 Å². The number of hydrogen-bond acceptors (Lipinski definition) is 5. The van der Waals surface area contributed by atoms with Crippen LogP contribution in [0, 0.1) is 17.7 Å². The molecule has 3 atom stereocenters. The SMILES string of the molecule is Fc1ccccc1OCc1noc(C2[C@H]3CNC[C@@H]23)n1. The number of fused-ring (bicyclic) bond motifs is 1. The van der Waals surface area contributed by atoms with Gasteiger partial charge in [-0.05, 0) is 37.1 Å². The number of benzene rings is 1. The second-order valence-corrected chi connectivity index (χ2v) is 5.28. The highest BCUT2D eigenvalue weighted by Gasteiger charge is 2.56. The van der Waals surface area contributed by atoms with Crippen molar-refractivity contribution in [3.8, 4) is 5.75 Å². The van der Waals surface area contributed by atoms with Crippen LogP contribution in [0.2, 0.25) is 0 Å². The number of rotatable bonds is 4. The van der Waals surface area contributed by atoms with Crippen molar-refractivity contribution in [1.82, 2.24) is 15.5 Å². The molecule has 1 aromatic carbocycles. The quantitative estimate of drug-likeness (QED) is 0.920. The average molecular weight is 275 g/mol. The molecule has 0 spiro atoms. The Hall–Kier alpha value is -1.95. The van der Waals surface area contributed by atoms with Crippen molar-refractivity contribution in [3.05, 3.63) is 41.8 Å². The maximum Gasteiger partial charge on any atom is 0.230 e. The smallest absolute Gasteiger partial charge is 0.230 e. The van der Waals surface area contributed by atoms with Gasteiger partial charge >= 0.3 is 0 Å². The predicted octanol–water partition coefficient (Wildman–Crippen LogP) is 1.72. The predicted molar refractivity (Wildman–Crippen MR) is 67.6 cm³/mol. The van der Waals surface area contributed by atoms with Crippen LogP contribution in [0.15, 0.2) is 28.8 Å². The lowest BCUT2D eigenvalue weighted by Gasteiger charge is -2.03. The van der Waals surface area contributed by atoms with Gasteiger partial charge in [-0.3, -0.25) is 0 Å². The van der Waals surface area contributed by atoms with Crippen LogP contribution in [0.5, 0.6) is 5.75 Å². The second kappa shape index (κ2) is 4.56. The summed E-state index contributed by atoms with van der Waals surface area (Å²) in [5.41, 5.74) is 0. The molecular formula is C14H14FN3O2. The zero-order valence-electron chi connectivity index (χ0n) is 10.8. The third-order valence-electron chi connectivity index (χ3n) is 4.05. The molecule has 2 aliphatic rings. The molecule has 2 aromatic rings. The van der Waals surface area contributed by atoms with Crippen molar-refractivity contribution in [2.45, 2.75) is 12.5 Å². The minimum absolute atomic E-state index is 0.116. The van der Waals surface area contributed by atoms with Crippen LogP contribution in [0.3, 0.4) is 0 Å². The number of nitrogens with zero attached hydrogens (tertiary/aromatic N) is 2. The summed E-state index contributed by atoms with van der Waals surface area (Å²) in [5, 5.41) is 7.22. The van der Waals surface area contributed by atoms with Crippen molar-refractivity contribution in [1.29, 1.82) is 0 Å². The summed E-state index contributed by atoms with van der Waals surface area (Å²) in [7, 11) is 0. The van der Waals surface area contributed by atoms with Gasteiger partial charge in [-0.2, -0.15) is 4.98 Å². The molecule has 2 heterocycles. The lowest BCUT2D eigenvalue weighted by atomic mass is 10.3. The monoisotopic (exact) mass is 275 g/mol. The summed E-state index contributed by atoms with van der Waals surface area (Å²) >= 11 is 0. The van der Waals surface area contributed by atoms with Crippen molar-refractivity contribution in [3.63, 3.8) is 0 Å². The lowest BCUT2D eigenvalue weighted by Crippen LogP contribution is -2.14. The van der Waals surface area contributed by atoms with E-state index in [0.717, 1.165) is 13.1 Å². The average Bonchev–Trinajstić information content (AvgIpc) is 2.87. The van der Waals surface area contributed by atoms with Crippen LogP contribution in [0.1, 0.15) is 17.6 Å². The summed E-state index contributed by atoms with van der Waals surface area (Å²) in [5.74, 6) is 2.62. The third-order valence-corrected chi connectivity index (χ3v) is 4.05. The largest absolute Gasteiger partial charge is 0.482 e. The fourth-order valence-electron chi connectivity index (χ4n) is 2.95. The molecule has 1 aliphatic carbocycles. The first kappa shape index (κ1) is 11.8. The number of halogens is 1. The molecule has 1 aromatic heterocycles. The van der Waals surface area contributed by atoms with E-state index in [1.165, 1.54) is 6.07 Å². The molecule has 104 valence electrons. The molecule has 0 radical (unpaired) electrons. The van der Waals surface area contributed by atoms with E-state index >= 15 is 0 Å². The number of aromatic nitrogens is 2. The maximum absolute atomic E-state index is 13.4. The Morgan fingerprint density at radius 1 is 1.30 bits per heavy atom. The molecule has 5 nitrogen and oxygen atoms in total. The fourth-order valence-corrected chi connectivity index (χ4v) is 2.95. The van der Waals surface area contributed by atoms with Gasteiger partial charge in [0, 0.05) is 5.92 Å². The van der Waals surface area contributed by atoms with E-state index in [0.29, 0.717) is 29.5 Å². The van der Waals surface area contributed by atoms with E-state index in [2.05, 4.69) is 15.5 Å². The summed E-state index contributed by atoms with van der Waals surface area (Å²) in [6.07, 6.45) is 0. The van der Waals surface area contributed by atoms with Crippen molar-refractivity contribution >= 4 is 0 Å². The Kier molecular flexibility index (Phi) is 2.70. The number of para-hydroxylation sites is 1. The molecule has 1 aliphatic heterocycles. The van der Waals surface area contributed by atoms with E-state index in [9.17, 15) is 4.39 Å². The van der Waals surface area contributed by atoms with Gasteiger partial charge in [-0.1, -0.05) is 17.3 Å². The first-order valence-corrected chi connectivity index (χ1v) is 6.73. The Labute approximate surface area is 115 Å². The van der Waals surface area contributed by atoms with E-state index in [4.69, 9.17) is 9.26 Å². The fraction of sp³-hybridized carbons (Fsp3) is 0.429. The van der Waals surface area contributed by atoms with E-state index in [1.54, 1.807) is 18.2 Å². The first-order chi connectivity index (χ1) is 9.83. The van der Waals surface area contributed by atoms with Crippen molar-refractivity contribution in [2.75, 3.05) is 13.1 Å². The molecule has 1 N–H and O–H groups in total. The van der Waals surface area contributed by atoms with Gasteiger partial charge in [0.15, 0.2) is 18.2 Å². The molecule has 20 heavy (non-hydrogen) atoms. The number of piperidine rings is 1. The van der Waals surface area contributed by atoms with Crippen LogP contribution in [0.4, 0.5) is 4.39 Å². The van der Waals surface area contributed by atoms with Gasteiger partial charge in [0.1, 0.15) is 0 Å². The van der Waals surface area contributed by atoms with Crippen LogP contribution in [-0.2, 0) is 6.61 Å². The molecular weight excluding hydrogens is 261 g/mol. The van der Waals surface area contributed by atoms with Gasteiger partial charge in [0.05, 0.1) is 0 Å². The van der Waals surface area contributed by atoms with Crippen LogP contribution in [-0.4, -0.2) is 23.2 Å². The first-order valence-electron chi connectivity index (χ1n) is 6.73. The number of nitrogens with one attached hydrogen (secondary N) is 1. The number of ether oxygens (including phenoxy) is 1. The van der Waals surface area contributed by atoms with E-state index < -0.39 is 0 Å².